The molecule has 0 saturated heterocycles. The van der Waals surface area contributed by atoms with Crippen molar-refractivity contribution >= 4 is 22.5 Å². The third-order valence-corrected chi connectivity index (χ3v) is 5.60. The van der Waals surface area contributed by atoms with Crippen LogP contribution >= 0.6 is 11.8 Å². The van der Waals surface area contributed by atoms with Crippen LogP contribution in [0.2, 0.25) is 0 Å². The zero-order valence-corrected chi connectivity index (χ0v) is 15.3. The van der Waals surface area contributed by atoms with Gasteiger partial charge in [0.25, 0.3) is 0 Å². The molecule has 128 valence electrons. The van der Waals surface area contributed by atoms with Crippen molar-refractivity contribution in [1.29, 1.82) is 0 Å². The molecular formula is C23H19NOS. The number of methoxy groups -OCH3 is 1. The van der Waals surface area contributed by atoms with Gasteiger partial charge in [-0.15, -0.1) is 11.8 Å². The van der Waals surface area contributed by atoms with Gasteiger partial charge in [0.2, 0.25) is 0 Å². The molecule has 0 N–H and O–H groups in total. The summed E-state index contributed by atoms with van der Waals surface area (Å²) in [6, 6.07) is 29.4. The van der Waals surface area contributed by atoms with Crippen molar-refractivity contribution < 1.29 is 4.74 Å². The summed E-state index contributed by atoms with van der Waals surface area (Å²) in [5, 5.41) is 2.61. The number of hydrogen-bond acceptors (Lipinski definition) is 3. The monoisotopic (exact) mass is 357 g/mol. The van der Waals surface area contributed by atoms with E-state index in [2.05, 4.69) is 65.6 Å². The molecule has 0 amide bonds. The fourth-order valence-electron chi connectivity index (χ4n) is 3.01. The summed E-state index contributed by atoms with van der Waals surface area (Å²) in [6.45, 7) is 0. The van der Waals surface area contributed by atoms with Crippen molar-refractivity contribution in [3.63, 3.8) is 0 Å². The molecule has 1 aromatic heterocycles. The number of nitrogens with zero attached hydrogens (tertiary/aromatic N) is 1. The van der Waals surface area contributed by atoms with E-state index in [0.29, 0.717) is 0 Å². The quantitative estimate of drug-likeness (QED) is 0.401. The third-order valence-electron chi connectivity index (χ3n) is 4.33. The molecule has 1 unspecified atom stereocenters. The van der Waals surface area contributed by atoms with Crippen molar-refractivity contribution in [2.45, 2.75) is 10.1 Å². The molecule has 4 aromatic rings. The Bertz CT molecular complexity index is 1020. The van der Waals surface area contributed by atoms with E-state index in [1.165, 1.54) is 21.2 Å². The predicted molar refractivity (Wildman–Crippen MR) is 109 cm³/mol. The molecule has 0 bridgehead atoms. The molecule has 26 heavy (non-hydrogen) atoms. The van der Waals surface area contributed by atoms with Gasteiger partial charge in [-0.2, -0.15) is 0 Å². The number of benzene rings is 3. The zero-order valence-electron chi connectivity index (χ0n) is 14.5. The molecule has 0 aliphatic carbocycles. The molecule has 0 saturated carbocycles. The van der Waals surface area contributed by atoms with E-state index in [0.717, 1.165) is 11.4 Å². The number of pyridine rings is 1. The van der Waals surface area contributed by atoms with Gasteiger partial charge in [-0.1, -0.05) is 48.5 Å². The lowest BCUT2D eigenvalue weighted by molar-refractivity contribution is 0.414. The third kappa shape index (κ3) is 3.58. The number of thioether (sulfide) groups is 1. The second-order valence-corrected chi connectivity index (χ2v) is 7.22. The van der Waals surface area contributed by atoms with Gasteiger partial charge in [0.15, 0.2) is 0 Å². The van der Waals surface area contributed by atoms with Gasteiger partial charge in [0.05, 0.1) is 18.1 Å². The summed E-state index contributed by atoms with van der Waals surface area (Å²) in [4.78, 5) is 5.83. The molecule has 2 nitrogen and oxygen atoms in total. The lowest BCUT2D eigenvalue weighted by Gasteiger charge is -2.18. The van der Waals surface area contributed by atoms with Gasteiger partial charge >= 0.3 is 0 Å². The van der Waals surface area contributed by atoms with Crippen LogP contribution in [-0.4, -0.2) is 12.1 Å². The van der Waals surface area contributed by atoms with E-state index in [1.54, 1.807) is 7.11 Å². The maximum atomic E-state index is 5.42. The Hall–Kier alpha value is -2.78. The molecule has 3 aromatic carbocycles. The van der Waals surface area contributed by atoms with E-state index in [4.69, 9.17) is 4.74 Å². The Morgan fingerprint density at radius 3 is 2.46 bits per heavy atom. The fraction of sp³-hybridized carbons (Fsp3) is 0.0870. The van der Waals surface area contributed by atoms with Gasteiger partial charge in [-0.05, 0) is 52.7 Å². The van der Waals surface area contributed by atoms with E-state index in [1.807, 2.05) is 42.2 Å². The average molecular weight is 357 g/mol. The first-order valence-electron chi connectivity index (χ1n) is 8.54. The highest BCUT2D eigenvalue weighted by Crippen LogP contribution is 2.41. The smallest absolute Gasteiger partial charge is 0.119 e. The first kappa shape index (κ1) is 16.7. The second kappa shape index (κ2) is 7.63. The minimum Gasteiger partial charge on any atom is -0.497 e. The standard InChI is InChI=1S/C23H19NOS/c1-25-20-10-6-9-19(15-20)23(22-11-4-5-14-24-22)26-21-13-12-17-7-2-3-8-18(17)16-21/h2-16,23H,1H3. The number of rotatable bonds is 5. The summed E-state index contributed by atoms with van der Waals surface area (Å²) in [5.41, 5.74) is 2.22. The summed E-state index contributed by atoms with van der Waals surface area (Å²) < 4.78 is 5.42. The van der Waals surface area contributed by atoms with E-state index < -0.39 is 0 Å². The highest BCUT2D eigenvalue weighted by molar-refractivity contribution is 7.99. The minimum atomic E-state index is 0.104. The lowest BCUT2D eigenvalue weighted by atomic mass is 10.1. The molecule has 0 aliphatic rings. The Morgan fingerprint density at radius 2 is 1.65 bits per heavy atom. The SMILES string of the molecule is COc1cccc(C(Sc2ccc3ccccc3c2)c2ccccn2)c1. The van der Waals surface area contributed by atoms with Crippen LogP contribution < -0.4 is 4.74 Å². The molecular weight excluding hydrogens is 338 g/mol. The molecule has 3 heteroatoms. The largest absolute Gasteiger partial charge is 0.497 e. The number of ether oxygens (including phenoxy) is 1. The number of aromatic nitrogens is 1. The van der Waals surface area contributed by atoms with Crippen LogP contribution in [0.5, 0.6) is 5.75 Å². The van der Waals surface area contributed by atoms with Gasteiger partial charge in [0.1, 0.15) is 5.75 Å². The van der Waals surface area contributed by atoms with Crippen LogP contribution in [0.15, 0.2) is 96.0 Å². The first-order chi connectivity index (χ1) is 12.8. The van der Waals surface area contributed by atoms with Crippen LogP contribution in [0.1, 0.15) is 16.5 Å². The van der Waals surface area contributed by atoms with E-state index >= 15 is 0 Å². The fourth-order valence-corrected chi connectivity index (χ4v) is 4.17. The first-order valence-corrected chi connectivity index (χ1v) is 9.42. The molecule has 1 atom stereocenters. The van der Waals surface area contributed by atoms with Gasteiger partial charge in [0, 0.05) is 11.1 Å². The minimum absolute atomic E-state index is 0.104. The van der Waals surface area contributed by atoms with E-state index in [-0.39, 0.29) is 5.25 Å². The topological polar surface area (TPSA) is 22.1 Å². The average Bonchev–Trinajstić information content (AvgIpc) is 2.72. The Kier molecular flexibility index (Phi) is 4.89. The maximum Gasteiger partial charge on any atom is 0.119 e. The lowest BCUT2D eigenvalue weighted by Crippen LogP contribution is -2.00. The van der Waals surface area contributed by atoms with Gasteiger partial charge in [-0.3, -0.25) is 4.98 Å². The molecule has 0 aliphatic heterocycles. The highest BCUT2D eigenvalue weighted by atomic mass is 32.2. The number of fused-ring (bicyclic) bond motifs is 1. The van der Waals surface area contributed by atoms with Crippen LogP contribution in [0.4, 0.5) is 0 Å². The predicted octanol–water partition coefficient (Wildman–Crippen LogP) is 6.13. The van der Waals surface area contributed by atoms with Crippen LogP contribution in [0, 0.1) is 0 Å². The van der Waals surface area contributed by atoms with Crippen molar-refractivity contribution in [1.82, 2.24) is 4.98 Å². The van der Waals surface area contributed by atoms with Crippen molar-refractivity contribution in [2.24, 2.45) is 0 Å². The molecule has 0 radical (unpaired) electrons. The summed E-state index contributed by atoms with van der Waals surface area (Å²) in [5.74, 6) is 0.863. The van der Waals surface area contributed by atoms with Gasteiger partial charge < -0.3 is 4.74 Å². The van der Waals surface area contributed by atoms with Gasteiger partial charge in [-0.25, -0.2) is 0 Å². The second-order valence-electron chi connectivity index (χ2n) is 6.04. The highest BCUT2D eigenvalue weighted by Gasteiger charge is 2.18. The van der Waals surface area contributed by atoms with Crippen LogP contribution in [0.25, 0.3) is 10.8 Å². The summed E-state index contributed by atoms with van der Waals surface area (Å²) in [6.07, 6.45) is 1.85. The zero-order chi connectivity index (χ0) is 17.8. The van der Waals surface area contributed by atoms with Crippen molar-refractivity contribution in [3.8, 4) is 5.75 Å². The van der Waals surface area contributed by atoms with Crippen LogP contribution in [-0.2, 0) is 0 Å². The summed E-state index contributed by atoms with van der Waals surface area (Å²) >= 11 is 1.81. The molecule has 0 fully saturated rings. The summed E-state index contributed by atoms with van der Waals surface area (Å²) in [7, 11) is 1.70. The van der Waals surface area contributed by atoms with Crippen LogP contribution in [0.3, 0.4) is 0 Å². The Labute approximate surface area is 157 Å². The van der Waals surface area contributed by atoms with Crippen molar-refractivity contribution in [3.05, 3.63) is 102 Å². The molecule has 0 spiro atoms. The molecule has 4 rings (SSSR count). The normalized spacial score (nSPS) is 12.0. The van der Waals surface area contributed by atoms with Crippen molar-refractivity contribution in [2.75, 3.05) is 7.11 Å². The van der Waals surface area contributed by atoms with E-state index in [9.17, 15) is 0 Å². The maximum absolute atomic E-state index is 5.42. The molecule has 1 heterocycles. The Balaban J connectivity index is 1.74. The Morgan fingerprint density at radius 1 is 0.808 bits per heavy atom. The number of hydrogen-bond donors (Lipinski definition) is 0.